The van der Waals surface area contributed by atoms with E-state index < -0.39 is 0 Å². The largest absolute Gasteiger partial charge is 0.351 e. The number of aromatic nitrogens is 2. The zero-order chi connectivity index (χ0) is 16.4. The normalized spacial score (nSPS) is 14.8. The second-order valence-corrected chi connectivity index (χ2v) is 5.91. The molecule has 0 bridgehead atoms. The molecule has 1 aliphatic heterocycles. The van der Waals surface area contributed by atoms with Gasteiger partial charge in [0.2, 0.25) is 6.41 Å². The molecule has 0 saturated carbocycles. The molecule has 2 aromatic carbocycles. The van der Waals surface area contributed by atoms with E-state index in [2.05, 4.69) is 39.4 Å². The first kappa shape index (κ1) is 14.6. The van der Waals surface area contributed by atoms with Crippen LogP contribution in [0.3, 0.4) is 0 Å². The minimum atomic E-state index is 0.722. The van der Waals surface area contributed by atoms with Crippen LogP contribution in [0.5, 0.6) is 0 Å². The summed E-state index contributed by atoms with van der Waals surface area (Å²) in [6.07, 6.45) is 0.916. The lowest BCUT2D eigenvalue weighted by Crippen LogP contribution is -2.46. The van der Waals surface area contributed by atoms with Crippen LogP contribution < -0.4 is 4.90 Å². The van der Waals surface area contributed by atoms with Crippen LogP contribution in [-0.4, -0.2) is 47.7 Å². The molecule has 2 heterocycles. The SMILES string of the molecule is O=CN1CCN(c2nnc(-c3ccccc3)c3ccccc23)CC1. The van der Waals surface area contributed by atoms with Crippen LogP contribution in [0.2, 0.25) is 0 Å². The number of hydrogen-bond donors (Lipinski definition) is 0. The highest BCUT2D eigenvalue weighted by atomic mass is 16.1. The summed E-state index contributed by atoms with van der Waals surface area (Å²) in [6, 6.07) is 18.4. The molecule has 1 saturated heterocycles. The van der Waals surface area contributed by atoms with E-state index in [1.807, 2.05) is 30.3 Å². The van der Waals surface area contributed by atoms with Gasteiger partial charge in [-0.15, -0.1) is 10.2 Å². The Balaban J connectivity index is 1.78. The van der Waals surface area contributed by atoms with Gasteiger partial charge in [-0.2, -0.15) is 0 Å². The van der Waals surface area contributed by atoms with E-state index >= 15 is 0 Å². The molecule has 1 fully saturated rings. The molecule has 1 amide bonds. The first-order valence-corrected chi connectivity index (χ1v) is 8.12. The fraction of sp³-hybridized carbons (Fsp3) is 0.211. The molecule has 0 N–H and O–H groups in total. The average molecular weight is 318 g/mol. The number of nitrogens with zero attached hydrogens (tertiary/aromatic N) is 4. The van der Waals surface area contributed by atoms with E-state index in [1.165, 1.54) is 0 Å². The van der Waals surface area contributed by atoms with Crippen molar-refractivity contribution in [1.82, 2.24) is 15.1 Å². The fourth-order valence-corrected chi connectivity index (χ4v) is 3.17. The molecular weight excluding hydrogens is 300 g/mol. The summed E-state index contributed by atoms with van der Waals surface area (Å²) in [7, 11) is 0. The van der Waals surface area contributed by atoms with Crippen molar-refractivity contribution in [3.8, 4) is 11.3 Å². The smallest absolute Gasteiger partial charge is 0.209 e. The third kappa shape index (κ3) is 2.58. The van der Waals surface area contributed by atoms with Gasteiger partial charge in [-0.3, -0.25) is 4.79 Å². The highest BCUT2D eigenvalue weighted by Gasteiger charge is 2.20. The molecule has 5 nitrogen and oxygen atoms in total. The number of rotatable bonds is 3. The summed E-state index contributed by atoms with van der Waals surface area (Å²) in [4.78, 5) is 14.9. The van der Waals surface area contributed by atoms with Gasteiger partial charge in [-0.05, 0) is 0 Å². The zero-order valence-corrected chi connectivity index (χ0v) is 13.3. The fourth-order valence-electron chi connectivity index (χ4n) is 3.17. The average Bonchev–Trinajstić information content (AvgIpc) is 2.68. The third-order valence-corrected chi connectivity index (χ3v) is 4.48. The second kappa shape index (κ2) is 6.28. The van der Waals surface area contributed by atoms with Crippen LogP contribution in [0.15, 0.2) is 54.6 Å². The van der Waals surface area contributed by atoms with E-state index in [1.54, 1.807) is 4.90 Å². The number of benzene rings is 2. The monoisotopic (exact) mass is 318 g/mol. The van der Waals surface area contributed by atoms with Crippen molar-refractivity contribution in [1.29, 1.82) is 0 Å². The molecule has 1 aliphatic rings. The summed E-state index contributed by atoms with van der Waals surface area (Å²) in [5, 5.41) is 11.2. The Morgan fingerprint density at radius 1 is 0.792 bits per heavy atom. The van der Waals surface area contributed by atoms with Gasteiger partial charge in [-0.25, -0.2) is 0 Å². The topological polar surface area (TPSA) is 49.3 Å². The van der Waals surface area contributed by atoms with E-state index in [-0.39, 0.29) is 0 Å². The van der Waals surface area contributed by atoms with Crippen molar-refractivity contribution < 1.29 is 4.79 Å². The number of piperazine rings is 1. The maximum absolute atomic E-state index is 10.9. The van der Waals surface area contributed by atoms with Crippen molar-refractivity contribution in [3.05, 3.63) is 54.6 Å². The Labute approximate surface area is 140 Å². The van der Waals surface area contributed by atoms with E-state index in [0.29, 0.717) is 0 Å². The molecule has 0 atom stereocenters. The molecule has 0 unspecified atom stereocenters. The van der Waals surface area contributed by atoms with Gasteiger partial charge >= 0.3 is 0 Å². The molecule has 4 rings (SSSR count). The number of amides is 1. The van der Waals surface area contributed by atoms with E-state index in [4.69, 9.17) is 0 Å². The third-order valence-electron chi connectivity index (χ3n) is 4.48. The lowest BCUT2D eigenvalue weighted by Gasteiger charge is -2.33. The van der Waals surface area contributed by atoms with Gasteiger partial charge in [0.25, 0.3) is 0 Å². The summed E-state index contributed by atoms with van der Waals surface area (Å²) in [5.74, 6) is 0.899. The number of fused-ring (bicyclic) bond motifs is 1. The maximum atomic E-state index is 10.9. The van der Waals surface area contributed by atoms with Gasteiger partial charge < -0.3 is 9.80 Å². The Morgan fingerprint density at radius 3 is 2.17 bits per heavy atom. The zero-order valence-electron chi connectivity index (χ0n) is 13.3. The number of anilines is 1. The quantitative estimate of drug-likeness (QED) is 0.697. The predicted octanol–water partition coefficient (Wildman–Crippen LogP) is 2.58. The molecule has 3 aromatic rings. The molecular formula is C19H18N4O. The molecule has 1 aromatic heterocycles. The van der Waals surface area contributed by atoms with Crippen molar-refractivity contribution in [2.24, 2.45) is 0 Å². The van der Waals surface area contributed by atoms with E-state index in [0.717, 1.165) is 60.4 Å². The number of hydrogen-bond acceptors (Lipinski definition) is 4. The van der Waals surface area contributed by atoms with Gasteiger partial charge in [0.1, 0.15) is 5.69 Å². The van der Waals surface area contributed by atoms with Crippen LogP contribution in [0.25, 0.3) is 22.0 Å². The van der Waals surface area contributed by atoms with Crippen LogP contribution >= 0.6 is 0 Å². The number of carbonyl (C=O) groups excluding carboxylic acids is 1. The van der Waals surface area contributed by atoms with Crippen LogP contribution in [0.1, 0.15) is 0 Å². The van der Waals surface area contributed by atoms with Crippen LogP contribution in [0.4, 0.5) is 5.82 Å². The standard InChI is InChI=1S/C19H18N4O/c24-14-22-10-12-23(13-11-22)19-17-9-5-4-8-16(17)18(20-21-19)15-6-2-1-3-7-15/h1-9,14H,10-13H2. The Morgan fingerprint density at radius 2 is 1.46 bits per heavy atom. The van der Waals surface area contributed by atoms with Crippen LogP contribution in [0, 0.1) is 0 Å². The molecule has 0 radical (unpaired) electrons. The van der Waals surface area contributed by atoms with Crippen molar-refractivity contribution in [3.63, 3.8) is 0 Å². The van der Waals surface area contributed by atoms with Crippen molar-refractivity contribution >= 4 is 23.0 Å². The summed E-state index contributed by atoms with van der Waals surface area (Å²) >= 11 is 0. The Kier molecular flexibility index (Phi) is 3.83. The minimum Gasteiger partial charge on any atom is -0.351 e. The summed E-state index contributed by atoms with van der Waals surface area (Å²) in [5.41, 5.74) is 1.97. The van der Waals surface area contributed by atoms with E-state index in [9.17, 15) is 4.79 Å². The highest BCUT2D eigenvalue weighted by molar-refractivity contribution is 6.00. The molecule has 0 spiro atoms. The molecule has 120 valence electrons. The highest BCUT2D eigenvalue weighted by Crippen LogP contribution is 2.31. The molecule has 24 heavy (non-hydrogen) atoms. The summed E-state index contributed by atoms with van der Waals surface area (Å²) < 4.78 is 0. The molecule has 0 aliphatic carbocycles. The first-order chi connectivity index (χ1) is 11.9. The van der Waals surface area contributed by atoms with Crippen molar-refractivity contribution in [2.75, 3.05) is 31.1 Å². The summed E-state index contributed by atoms with van der Waals surface area (Å²) in [6.45, 7) is 3.00. The van der Waals surface area contributed by atoms with Gasteiger partial charge in [0, 0.05) is 42.5 Å². The van der Waals surface area contributed by atoms with Gasteiger partial charge in [0.15, 0.2) is 5.82 Å². The number of carbonyl (C=O) groups is 1. The second-order valence-electron chi connectivity index (χ2n) is 5.91. The predicted molar refractivity (Wildman–Crippen MR) is 94.8 cm³/mol. The van der Waals surface area contributed by atoms with Crippen molar-refractivity contribution in [2.45, 2.75) is 0 Å². The minimum absolute atomic E-state index is 0.722. The van der Waals surface area contributed by atoms with Gasteiger partial charge in [0.05, 0.1) is 0 Å². The van der Waals surface area contributed by atoms with Crippen LogP contribution in [-0.2, 0) is 4.79 Å². The lowest BCUT2D eigenvalue weighted by atomic mass is 10.0. The molecule has 5 heteroatoms. The maximum Gasteiger partial charge on any atom is 0.209 e. The Bertz CT molecular complexity index is 858. The first-order valence-electron chi connectivity index (χ1n) is 8.12. The lowest BCUT2D eigenvalue weighted by molar-refractivity contribution is -0.118. The Hall–Kier alpha value is -2.95. The van der Waals surface area contributed by atoms with Gasteiger partial charge in [-0.1, -0.05) is 54.6 Å².